The van der Waals surface area contributed by atoms with Crippen LogP contribution >= 0.6 is 0 Å². The number of carbonyl (C=O) groups excluding carboxylic acids is 1. The van der Waals surface area contributed by atoms with Gasteiger partial charge < -0.3 is 39.3 Å². The monoisotopic (exact) mass is 917 g/mol. The van der Waals surface area contributed by atoms with Gasteiger partial charge in [0.1, 0.15) is 23.9 Å². The van der Waals surface area contributed by atoms with E-state index in [2.05, 4.69) is 18.0 Å². The maximum Gasteiger partial charge on any atom is 0.243 e. The second-order valence-corrected chi connectivity index (χ2v) is 19.3. The Hall–Kier alpha value is -4.64. The highest BCUT2D eigenvalue weighted by Crippen LogP contribution is 2.62. The van der Waals surface area contributed by atoms with Crippen molar-refractivity contribution in [2.45, 2.75) is 120 Å². The van der Waals surface area contributed by atoms with Crippen molar-refractivity contribution < 1.29 is 51.6 Å². The van der Waals surface area contributed by atoms with Crippen LogP contribution < -0.4 is 14.8 Å². The number of nitrogens with one attached hydrogen (secondary N) is 1. The maximum atomic E-state index is 15.3. The van der Waals surface area contributed by atoms with Gasteiger partial charge >= 0.3 is 0 Å². The molecule has 7 unspecified atom stereocenters. The highest BCUT2D eigenvalue weighted by atomic mass is 32.2. The molecule has 65 heavy (non-hydrogen) atoms. The summed E-state index contributed by atoms with van der Waals surface area (Å²) < 4.78 is 73.4. The number of nitrogens with zero attached hydrogens (tertiary/aromatic N) is 2. The summed E-state index contributed by atoms with van der Waals surface area (Å²) >= 11 is 0. The Labute approximate surface area is 382 Å². The number of carbonyl (C=O) groups is 1. The molecule has 3 aromatic rings. The van der Waals surface area contributed by atoms with Crippen LogP contribution in [0.25, 0.3) is 0 Å². The first-order valence-electron chi connectivity index (χ1n) is 23.2. The van der Waals surface area contributed by atoms with Crippen LogP contribution in [-0.2, 0) is 35.7 Å². The van der Waals surface area contributed by atoms with E-state index in [1.165, 1.54) is 29.4 Å². The second-order valence-electron chi connectivity index (χ2n) is 17.4. The first kappa shape index (κ1) is 48.3. The first-order chi connectivity index (χ1) is 31.5. The first-order valence-corrected chi connectivity index (χ1v) is 24.6. The third-order valence-corrected chi connectivity index (χ3v) is 14.9. The molecule has 7 atom stereocenters. The predicted molar refractivity (Wildman–Crippen MR) is 245 cm³/mol. The third-order valence-electron chi connectivity index (χ3n) is 13.0. The van der Waals surface area contributed by atoms with Crippen LogP contribution in [0.15, 0.2) is 101 Å². The zero-order valence-electron chi connectivity index (χ0n) is 37.5. The van der Waals surface area contributed by atoms with Crippen molar-refractivity contribution in [2.24, 2.45) is 22.9 Å². The molecule has 0 spiro atoms. The van der Waals surface area contributed by atoms with Crippen LogP contribution in [-0.4, -0.2) is 85.6 Å². The molecule has 1 amide bonds. The van der Waals surface area contributed by atoms with Crippen molar-refractivity contribution in [3.63, 3.8) is 0 Å². The summed E-state index contributed by atoms with van der Waals surface area (Å²) in [6, 6.07) is 17.2. The minimum absolute atomic E-state index is 0.00322. The van der Waals surface area contributed by atoms with Crippen molar-refractivity contribution in [1.82, 2.24) is 4.31 Å². The van der Waals surface area contributed by atoms with E-state index in [4.69, 9.17) is 28.9 Å². The van der Waals surface area contributed by atoms with Gasteiger partial charge in [0.25, 0.3) is 0 Å². The number of unbranched alkanes of at least 4 members (excludes halogenated alkanes) is 2. The van der Waals surface area contributed by atoms with E-state index in [0.717, 1.165) is 43.2 Å². The maximum absolute atomic E-state index is 15.3. The Morgan fingerprint density at radius 3 is 2.51 bits per heavy atom. The molecule has 2 fully saturated rings. The Morgan fingerprint density at radius 1 is 1.05 bits per heavy atom. The minimum atomic E-state index is -4.29. The molecule has 2 aliphatic carbocycles. The number of aliphatic hydroxyl groups is 2. The fourth-order valence-electron chi connectivity index (χ4n) is 10.1. The standard InChI is InChI=1S/C50H64FN3O10S/c1-4-25-54(65(58,59)39-22-19-37(20-23-39)52-34(3)57)46-32-44(53-64-47-18-10-13-29-60-47)41-30-35(14-8-11-26-55)40(16-9-12-27-56)48-42-31-38(61-33-36-15-6-7-17-43(36)51)21-24-45(42)63-50(46,49(41)48)62-28-5-2/h5-7,15,17,19-24,30-31,35,40,46-49,55-56H,2,4,8-14,16,18,25-29,32-33H2,1,3H3,(H,52,57). The molecule has 352 valence electrons. The van der Waals surface area contributed by atoms with Gasteiger partial charge in [0.05, 0.1) is 35.8 Å². The zero-order valence-corrected chi connectivity index (χ0v) is 38.4. The molecule has 4 aliphatic rings. The molecular weight excluding hydrogens is 854 g/mol. The summed E-state index contributed by atoms with van der Waals surface area (Å²) in [7, 11) is -4.29. The number of anilines is 1. The number of hydrogen-bond donors (Lipinski definition) is 3. The summed E-state index contributed by atoms with van der Waals surface area (Å²) in [5.41, 5.74) is 3.10. The third kappa shape index (κ3) is 10.8. The van der Waals surface area contributed by atoms with Crippen LogP contribution in [0.3, 0.4) is 0 Å². The Balaban J connectivity index is 1.44. The summed E-state index contributed by atoms with van der Waals surface area (Å²) in [5, 5.41) is 27.5. The smallest absolute Gasteiger partial charge is 0.243 e. The number of hydrogen-bond acceptors (Lipinski definition) is 11. The van der Waals surface area contributed by atoms with Gasteiger partial charge in [-0.3, -0.25) is 4.79 Å². The average Bonchev–Trinajstić information content (AvgIpc) is 3.30. The summed E-state index contributed by atoms with van der Waals surface area (Å²) in [5.74, 6) is -2.36. The number of fused-ring (bicyclic) bond motifs is 2. The fourth-order valence-corrected chi connectivity index (χ4v) is 11.8. The van der Waals surface area contributed by atoms with Crippen molar-refractivity contribution in [3.05, 3.63) is 108 Å². The molecule has 0 bridgehead atoms. The number of benzene rings is 3. The number of rotatable bonds is 22. The van der Waals surface area contributed by atoms with E-state index in [0.29, 0.717) is 67.2 Å². The van der Waals surface area contributed by atoms with E-state index >= 15 is 8.42 Å². The van der Waals surface area contributed by atoms with Crippen molar-refractivity contribution >= 4 is 27.3 Å². The lowest BCUT2D eigenvalue weighted by Gasteiger charge is -2.59. The van der Waals surface area contributed by atoms with E-state index < -0.39 is 34.1 Å². The molecule has 1 saturated carbocycles. The van der Waals surface area contributed by atoms with Gasteiger partial charge in [-0.05, 0) is 111 Å². The van der Waals surface area contributed by atoms with E-state index in [-0.39, 0.29) is 73.8 Å². The lowest BCUT2D eigenvalue weighted by Crippen LogP contribution is -2.70. The molecule has 2 heterocycles. The highest BCUT2D eigenvalue weighted by molar-refractivity contribution is 7.89. The van der Waals surface area contributed by atoms with Gasteiger partial charge in [0.15, 0.2) is 0 Å². The summed E-state index contributed by atoms with van der Waals surface area (Å²) in [6.45, 7) is 8.09. The quantitative estimate of drug-likeness (QED) is 0.0505. The zero-order chi connectivity index (χ0) is 46.0. The molecule has 3 aromatic carbocycles. The van der Waals surface area contributed by atoms with Crippen LogP contribution in [0, 0.1) is 23.6 Å². The number of halogens is 1. The van der Waals surface area contributed by atoms with Gasteiger partial charge in [-0.15, -0.1) is 6.58 Å². The number of amides is 1. The summed E-state index contributed by atoms with van der Waals surface area (Å²) in [4.78, 5) is 18.1. The molecule has 3 N–H and O–H groups in total. The van der Waals surface area contributed by atoms with Crippen molar-refractivity contribution in [1.29, 1.82) is 0 Å². The number of oxime groups is 1. The van der Waals surface area contributed by atoms with Crippen LogP contribution in [0.1, 0.15) is 102 Å². The van der Waals surface area contributed by atoms with Gasteiger partial charge in [-0.1, -0.05) is 55.3 Å². The summed E-state index contributed by atoms with van der Waals surface area (Å²) in [6.07, 6.45) is 10.5. The van der Waals surface area contributed by atoms with Crippen LogP contribution in [0.2, 0.25) is 0 Å². The number of ether oxygens (including phenoxy) is 4. The minimum Gasteiger partial charge on any atom is -0.489 e. The van der Waals surface area contributed by atoms with Gasteiger partial charge in [-0.25, -0.2) is 12.8 Å². The van der Waals surface area contributed by atoms with Gasteiger partial charge in [0, 0.05) is 62.3 Å². The molecule has 0 radical (unpaired) electrons. The molecular formula is C50H64FN3O10S. The van der Waals surface area contributed by atoms with Crippen LogP contribution in [0.4, 0.5) is 10.1 Å². The lowest BCUT2D eigenvalue weighted by molar-refractivity contribution is -0.251. The van der Waals surface area contributed by atoms with Crippen LogP contribution in [0.5, 0.6) is 11.5 Å². The van der Waals surface area contributed by atoms with Gasteiger partial charge in [-0.2, -0.15) is 4.31 Å². The van der Waals surface area contributed by atoms with Gasteiger partial charge in [0.2, 0.25) is 28.0 Å². The number of allylic oxidation sites excluding steroid dienone is 1. The number of sulfonamides is 1. The van der Waals surface area contributed by atoms with E-state index in [1.807, 2.05) is 19.1 Å². The normalized spacial score (nSPS) is 25.5. The molecule has 1 saturated heterocycles. The predicted octanol–water partition coefficient (Wildman–Crippen LogP) is 8.62. The van der Waals surface area contributed by atoms with E-state index in [1.54, 1.807) is 42.5 Å². The molecule has 7 rings (SSSR count). The number of aliphatic hydroxyl groups excluding tert-OH is 2. The van der Waals surface area contributed by atoms with E-state index in [9.17, 15) is 19.4 Å². The Bertz CT molecular complexity index is 2270. The van der Waals surface area contributed by atoms with Crippen molar-refractivity contribution in [2.75, 3.05) is 38.3 Å². The Morgan fingerprint density at radius 2 is 1.82 bits per heavy atom. The largest absolute Gasteiger partial charge is 0.489 e. The average molecular weight is 918 g/mol. The fraction of sp³-hybridized carbons (Fsp3) is 0.520. The second kappa shape index (κ2) is 22.2. The SMILES string of the molecule is C=CCOC12Oc3ccc(OCc4ccccc4F)cc3C3C(CCCCO)C(CCCCO)C=C(C(=NOC4CCCCO4)CC1N(CCC)S(=O)(=O)c1ccc(NC(C)=O)cc1)C32. The molecule has 0 aromatic heterocycles. The molecule has 13 nitrogen and oxygen atoms in total. The lowest BCUT2D eigenvalue weighted by atomic mass is 9.55. The van der Waals surface area contributed by atoms with Crippen molar-refractivity contribution in [3.8, 4) is 11.5 Å². The molecule has 2 aliphatic heterocycles. The Kier molecular flexibility index (Phi) is 16.5. The molecule has 15 heteroatoms. The highest BCUT2D eigenvalue weighted by Gasteiger charge is 2.66. The topological polar surface area (TPSA) is 165 Å².